The van der Waals surface area contributed by atoms with Crippen LogP contribution in [0.2, 0.25) is 0 Å². The Bertz CT molecular complexity index is 773. The van der Waals surface area contributed by atoms with Gasteiger partial charge in [-0.3, -0.25) is 14.3 Å². The van der Waals surface area contributed by atoms with Crippen molar-refractivity contribution in [1.82, 2.24) is 20.0 Å². The number of nitrogens with zero attached hydrogens (tertiary/aromatic N) is 3. The van der Waals surface area contributed by atoms with E-state index in [0.29, 0.717) is 44.2 Å². The molecule has 2 amide bonds. The van der Waals surface area contributed by atoms with Crippen LogP contribution >= 0.6 is 0 Å². The molecule has 0 bridgehead atoms. The summed E-state index contributed by atoms with van der Waals surface area (Å²) in [6, 6.07) is 5.44. The summed E-state index contributed by atoms with van der Waals surface area (Å²) in [5.74, 6) is 0.604. The molecule has 7 nitrogen and oxygen atoms in total. The fraction of sp³-hybridized carbons (Fsp3) is 0.550. The first-order valence-corrected chi connectivity index (χ1v) is 9.55. The number of piperidine rings is 1. The molecule has 3 rings (SSSR count). The van der Waals surface area contributed by atoms with Gasteiger partial charge in [-0.25, -0.2) is 0 Å². The van der Waals surface area contributed by atoms with E-state index in [1.807, 2.05) is 18.5 Å². The SMILES string of the molecule is Cc1cc(C)n(C[C@H](C)CNC(=O)C2CCN(C(=O)c3ccco3)CC2)n1. The van der Waals surface area contributed by atoms with Crippen molar-refractivity contribution in [1.29, 1.82) is 0 Å². The molecular weight excluding hydrogens is 344 g/mol. The lowest BCUT2D eigenvalue weighted by atomic mass is 9.95. The summed E-state index contributed by atoms with van der Waals surface area (Å²) in [6.45, 7) is 8.72. The average molecular weight is 372 g/mol. The quantitative estimate of drug-likeness (QED) is 0.844. The van der Waals surface area contributed by atoms with Crippen LogP contribution in [0.25, 0.3) is 0 Å². The van der Waals surface area contributed by atoms with Crippen LogP contribution in [-0.2, 0) is 11.3 Å². The van der Waals surface area contributed by atoms with Gasteiger partial charge >= 0.3 is 0 Å². The Balaban J connectivity index is 1.41. The number of aryl methyl sites for hydroxylation is 2. The standard InChI is InChI=1S/C20H28N4O3/c1-14(13-24-16(3)11-15(2)22-24)12-21-19(25)17-6-8-23(9-7-17)20(26)18-5-4-10-27-18/h4-5,10-11,14,17H,6-9,12-13H2,1-3H3,(H,21,25)/t14-/m1/s1. The maximum atomic E-state index is 12.5. The molecule has 0 unspecified atom stereocenters. The molecule has 146 valence electrons. The highest BCUT2D eigenvalue weighted by atomic mass is 16.3. The molecule has 27 heavy (non-hydrogen) atoms. The predicted octanol–water partition coefficient (Wildman–Crippen LogP) is 2.40. The minimum Gasteiger partial charge on any atom is -0.459 e. The largest absolute Gasteiger partial charge is 0.459 e. The first kappa shape index (κ1) is 19.2. The zero-order valence-electron chi connectivity index (χ0n) is 16.3. The minimum atomic E-state index is -0.0997. The van der Waals surface area contributed by atoms with E-state index in [9.17, 15) is 9.59 Å². The summed E-state index contributed by atoms with van der Waals surface area (Å²) in [5, 5.41) is 7.54. The van der Waals surface area contributed by atoms with Gasteiger partial charge in [0.2, 0.25) is 5.91 Å². The van der Waals surface area contributed by atoms with Crippen molar-refractivity contribution >= 4 is 11.8 Å². The number of carbonyl (C=O) groups excluding carboxylic acids is 2. The summed E-state index contributed by atoms with van der Waals surface area (Å²) in [5.41, 5.74) is 2.15. The molecule has 1 atom stereocenters. The molecule has 0 radical (unpaired) electrons. The molecule has 3 heterocycles. The molecule has 2 aromatic rings. The number of nitrogens with one attached hydrogen (secondary N) is 1. The van der Waals surface area contributed by atoms with E-state index in [1.165, 1.54) is 6.26 Å². The Labute approximate surface area is 159 Å². The molecule has 1 fully saturated rings. The summed E-state index contributed by atoms with van der Waals surface area (Å²) < 4.78 is 7.16. The van der Waals surface area contributed by atoms with Crippen LogP contribution in [-0.4, -0.2) is 46.1 Å². The van der Waals surface area contributed by atoms with E-state index < -0.39 is 0 Å². The number of hydrogen-bond acceptors (Lipinski definition) is 4. The molecule has 0 spiro atoms. The van der Waals surface area contributed by atoms with Gasteiger partial charge in [0.15, 0.2) is 5.76 Å². The second-order valence-corrected chi connectivity index (χ2v) is 7.50. The van der Waals surface area contributed by atoms with Gasteiger partial charge in [-0.1, -0.05) is 6.92 Å². The number of amides is 2. The van der Waals surface area contributed by atoms with E-state index >= 15 is 0 Å². The molecule has 0 aromatic carbocycles. The van der Waals surface area contributed by atoms with Crippen molar-refractivity contribution in [2.45, 2.75) is 40.2 Å². The molecule has 2 aromatic heterocycles. The first-order valence-electron chi connectivity index (χ1n) is 9.55. The van der Waals surface area contributed by atoms with Gasteiger partial charge in [0.25, 0.3) is 5.91 Å². The minimum absolute atomic E-state index is 0.0356. The van der Waals surface area contributed by atoms with Crippen molar-refractivity contribution < 1.29 is 14.0 Å². The zero-order valence-corrected chi connectivity index (χ0v) is 16.3. The van der Waals surface area contributed by atoms with Crippen molar-refractivity contribution in [3.05, 3.63) is 41.6 Å². The third-order valence-electron chi connectivity index (χ3n) is 5.10. The van der Waals surface area contributed by atoms with Gasteiger partial charge in [0.1, 0.15) is 0 Å². The highest BCUT2D eigenvalue weighted by Gasteiger charge is 2.28. The van der Waals surface area contributed by atoms with Crippen molar-refractivity contribution in [3.63, 3.8) is 0 Å². The average Bonchev–Trinajstić information content (AvgIpc) is 3.29. The number of furan rings is 1. The van der Waals surface area contributed by atoms with Crippen LogP contribution < -0.4 is 5.32 Å². The van der Waals surface area contributed by atoms with Crippen molar-refractivity contribution in [2.75, 3.05) is 19.6 Å². The van der Waals surface area contributed by atoms with Gasteiger partial charge in [-0.2, -0.15) is 5.10 Å². The van der Waals surface area contributed by atoms with Crippen LogP contribution in [0, 0.1) is 25.7 Å². The summed E-state index contributed by atoms with van der Waals surface area (Å²) in [7, 11) is 0. The van der Waals surface area contributed by atoms with Crippen molar-refractivity contribution in [3.8, 4) is 0 Å². The molecule has 0 aliphatic carbocycles. The summed E-state index contributed by atoms with van der Waals surface area (Å²) in [4.78, 5) is 26.5. The lowest BCUT2D eigenvalue weighted by Gasteiger charge is -2.31. The Hall–Kier alpha value is -2.57. The van der Waals surface area contributed by atoms with Gasteiger partial charge < -0.3 is 14.6 Å². The molecule has 0 saturated carbocycles. The fourth-order valence-electron chi connectivity index (χ4n) is 3.54. The summed E-state index contributed by atoms with van der Waals surface area (Å²) >= 11 is 0. The number of aromatic nitrogens is 2. The smallest absolute Gasteiger partial charge is 0.289 e. The number of hydrogen-bond donors (Lipinski definition) is 1. The molecule has 1 N–H and O–H groups in total. The second kappa shape index (κ2) is 8.41. The zero-order chi connectivity index (χ0) is 19.4. The molecule has 1 aliphatic rings. The molecular formula is C20H28N4O3. The maximum absolute atomic E-state index is 12.5. The van der Waals surface area contributed by atoms with Crippen LogP contribution in [0.3, 0.4) is 0 Å². The second-order valence-electron chi connectivity index (χ2n) is 7.50. The van der Waals surface area contributed by atoms with E-state index in [0.717, 1.165) is 17.9 Å². The van der Waals surface area contributed by atoms with E-state index in [2.05, 4.69) is 23.4 Å². The molecule has 1 aliphatic heterocycles. The van der Waals surface area contributed by atoms with E-state index in [4.69, 9.17) is 4.42 Å². The van der Waals surface area contributed by atoms with E-state index in [1.54, 1.807) is 17.0 Å². The normalized spacial score (nSPS) is 16.3. The Morgan fingerprint density at radius 1 is 1.33 bits per heavy atom. The topological polar surface area (TPSA) is 80.4 Å². The lowest BCUT2D eigenvalue weighted by Crippen LogP contribution is -2.43. The highest BCUT2D eigenvalue weighted by Crippen LogP contribution is 2.19. The third kappa shape index (κ3) is 4.78. The summed E-state index contributed by atoms with van der Waals surface area (Å²) in [6.07, 6.45) is 2.87. The predicted molar refractivity (Wildman–Crippen MR) is 101 cm³/mol. The van der Waals surface area contributed by atoms with Gasteiger partial charge in [0, 0.05) is 37.8 Å². The highest BCUT2D eigenvalue weighted by molar-refractivity contribution is 5.91. The Morgan fingerprint density at radius 3 is 2.67 bits per heavy atom. The van der Waals surface area contributed by atoms with Crippen LogP contribution in [0.5, 0.6) is 0 Å². The number of carbonyl (C=O) groups is 2. The Kier molecular flexibility index (Phi) is 5.98. The van der Waals surface area contributed by atoms with Gasteiger partial charge in [-0.05, 0) is 50.8 Å². The first-order chi connectivity index (χ1) is 12.9. The molecule has 7 heteroatoms. The number of rotatable bonds is 6. The van der Waals surface area contributed by atoms with Crippen LogP contribution in [0.1, 0.15) is 41.7 Å². The monoisotopic (exact) mass is 372 g/mol. The fourth-order valence-corrected chi connectivity index (χ4v) is 3.54. The molecule has 1 saturated heterocycles. The maximum Gasteiger partial charge on any atom is 0.289 e. The van der Waals surface area contributed by atoms with E-state index in [-0.39, 0.29) is 17.7 Å². The van der Waals surface area contributed by atoms with Gasteiger partial charge in [-0.15, -0.1) is 0 Å². The van der Waals surface area contributed by atoms with Gasteiger partial charge in [0.05, 0.1) is 12.0 Å². The lowest BCUT2D eigenvalue weighted by molar-refractivity contribution is -0.126. The van der Waals surface area contributed by atoms with Crippen LogP contribution in [0.15, 0.2) is 28.9 Å². The Morgan fingerprint density at radius 2 is 2.07 bits per heavy atom. The number of likely N-dealkylation sites (tertiary alicyclic amines) is 1. The third-order valence-corrected chi connectivity index (χ3v) is 5.10. The van der Waals surface area contributed by atoms with Crippen molar-refractivity contribution in [2.24, 2.45) is 11.8 Å². The van der Waals surface area contributed by atoms with Crippen LogP contribution in [0.4, 0.5) is 0 Å².